The molecule has 1 heterocycles. The number of hydrogen-bond donors (Lipinski definition) is 1. The van der Waals surface area contributed by atoms with Gasteiger partial charge in [0, 0.05) is 24.8 Å². The molecule has 1 N–H and O–H groups in total. The van der Waals surface area contributed by atoms with Gasteiger partial charge >= 0.3 is 0 Å². The summed E-state index contributed by atoms with van der Waals surface area (Å²) < 4.78 is 0. The third-order valence-electron chi connectivity index (χ3n) is 4.10. The van der Waals surface area contributed by atoms with E-state index in [1.54, 1.807) is 7.05 Å². The van der Waals surface area contributed by atoms with Crippen LogP contribution in [0.2, 0.25) is 0 Å². The van der Waals surface area contributed by atoms with Crippen molar-refractivity contribution in [2.75, 3.05) is 31.6 Å². The number of rotatable bonds is 4. The monoisotopic (exact) mass is 331 g/mol. The van der Waals surface area contributed by atoms with Gasteiger partial charge in [0.05, 0.1) is 13.1 Å². The lowest BCUT2D eigenvalue weighted by Gasteiger charge is -2.32. The number of fused-ring (bicyclic) bond motifs is 1. The second-order valence-electron chi connectivity index (χ2n) is 7.71. The van der Waals surface area contributed by atoms with E-state index in [1.165, 1.54) is 16.0 Å². The Balaban J connectivity index is 1.97. The van der Waals surface area contributed by atoms with E-state index in [0.717, 1.165) is 25.1 Å². The van der Waals surface area contributed by atoms with Gasteiger partial charge in [0.15, 0.2) is 0 Å². The zero-order valence-electron chi connectivity index (χ0n) is 15.5. The summed E-state index contributed by atoms with van der Waals surface area (Å²) in [7, 11) is 1.69. The Kier molecular flexibility index (Phi) is 5.52. The summed E-state index contributed by atoms with van der Waals surface area (Å²) in [4.78, 5) is 28.1. The van der Waals surface area contributed by atoms with Gasteiger partial charge in [0.25, 0.3) is 0 Å². The molecular weight excluding hydrogens is 302 g/mol. The molecule has 1 aliphatic rings. The summed E-state index contributed by atoms with van der Waals surface area (Å²) in [5.41, 5.74) is 3.41. The number of amides is 2. The molecule has 132 valence electrons. The fourth-order valence-electron chi connectivity index (χ4n) is 3.01. The number of nitrogens with one attached hydrogen (secondary N) is 1. The zero-order valence-corrected chi connectivity index (χ0v) is 15.5. The number of anilines is 1. The number of benzene rings is 1. The molecule has 2 rings (SSSR count). The predicted octanol–water partition coefficient (Wildman–Crippen LogP) is 2.12. The number of hydrogen-bond acceptors (Lipinski definition) is 3. The molecule has 0 bridgehead atoms. The van der Waals surface area contributed by atoms with Crippen molar-refractivity contribution >= 4 is 17.5 Å². The molecule has 0 aromatic heterocycles. The Morgan fingerprint density at radius 1 is 1.29 bits per heavy atom. The third-order valence-corrected chi connectivity index (χ3v) is 4.10. The molecule has 0 fully saturated rings. The van der Waals surface area contributed by atoms with Crippen molar-refractivity contribution < 1.29 is 9.59 Å². The first kappa shape index (κ1) is 18.3. The van der Waals surface area contributed by atoms with Crippen molar-refractivity contribution in [1.82, 2.24) is 10.2 Å². The van der Waals surface area contributed by atoms with Gasteiger partial charge in [-0.25, -0.2) is 0 Å². The lowest BCUT2D eigenvalue weighted by molar-refractivity contribution is -0.134. The Morgan fingerprint density at radius 2 is 2.00 bits per heavy atom. The van der Waals surface area contributed by atoms with E-state index in [-0.39, 0.29) is 23.9 Å². The maximum absolute atomic E-state index is 12.5. The SMILES string of the molecule is Cc1ccc2c(c1)CCCN2CC(=O)N(C)CC(=O)NC(C)(C)C. The van der Waals surface area contributed by atoms with Crippen LogP contribution in [0, 0.1) is 6.92 Å². The Morgan fingerprint density at radius 3 is 2.67 bits per heavy atom. The maximum Gasteiger partial charge on any atom is 0.242 e. The van der Waals surface area contributed by atoms with Gasteiger partial charge in [-0.3, -0.25) is 9.59 Å². The van der Waals surface area contributed by atoms with Gasteiger partial charge < -0.3 is 15.1 Å². The molecule has 5 nitrogen and oxygen atoms in total. The fraction of sp³-hybridized carbons (Fsp3) is 0.579. The summed E-state index contributed by atoms with van der Waals surface area (Å²) in [5.74, 6) is -0.166. The molecule has 0 radical (unpaired) electrons. The molecule has 0 unspecified atom stereocenters. The molecule has 2 amide bonds. The van der Waals surface area contributed by atoms with E-state index in [4.69, 9.17) is 0 Å². The highest BCUT2D eigenvalue weighted by atomic mass is 16.2. The molecule has 1 aromatic rings. The summed E-state index contributed by atoms with van der Waals surface area (Å²) in [6.07, 6.45) is 2.11. The average Bonchev–Trinajstić information content (AvgIpc) is 2.44. The van der Waals surface area contributed by atoms with Crippen molar-refractivity contribution in [3.05, 3.63) is 29.3 Å². The molecule has 0 saturated heterocycles. The van der Waals surface area contributed by atoms with Crippen LogP contribution in [0.15, 0.2) is 18.2 Å². The number of likely N-dealkylation sites (N-methyl/N-ethyl adjacent to an activating group) is 1. The first-order chi connectivity index (χ1) is 11.2. The number of carbonyl (C=O) groups is 2. The minimum atomic E-state index is -0.287. The van der Waals surface area contributed by atoms with Crippen molar-refractivity contribution in [2.45, 2.75) is 46.1 Å². The van der Waals surface area contributed by atoms with E-state index in [0.29, 0.717) is 6.54 Å². The molecule has 1 aromatic carbocycles. The largest absolute Gasteiger partial charge is 0.362 e. The van der Waals surface area contributed by atoms with Crippen molar-refractivity contribution in [1.29, 1.82) is 0 Å². The van der Waals surface area contributed by atoms with Crippen LogP contribution in [-0.2, 0) is 16.0 Å². The van der Waals surface area contributed by atoms with Gasteiger partial charge in [-0.2, -0.15) is 0 Å². The van der Waals surface area contributed by atoms with E-state index in [9.17, 15) is 9.59 Å². The van der Waals surface area contributed by atoms with Crippen LogP contribution in [-0.4, -0.2) is 48.9 Å². The van der Waals surface area contributed by atoms with E-state index >= 15 is 0 Å². The second kappa shape index (κ2) is 7.24. The van der Waals surface area contributed by atoms with Crippen LogP contribution in [0.1, 0.15) is 38.3 Å². The predicted molar refractivity (Wildman–Crippen MR) is 97.2 cm³/mol. The van der Waals surface area contributed by atoms with Crippen LogP contribution >= 0.6 is 0 Å². The van der Waals surface area contributed by atoms with Crippen LogP contribution in [0.3, 0.4) is 0 Å². The fourth-order valence-corrected chi connectivity index (χ4v) is 3.01. The second-order valence-corrected chi connectivity index (χ2v) is 7.71. The highest BCUT2D eigenvalue weighted by Crippen LogP contribution is 2.27. The summed E-state index contributed by atoms with van der Waals surface area (Å²) >= 11 is 0. The van der Waals surface area contributed by atoms with Gasteiger partial charge in [-0.05, 0) is 52.2 Å². The van der Waals surface area contributed by atoms with E-state index < -0.39 is 0 Å². The maximum atomic E-state index is 12.5. The molecular formula is C19H29N3O2. The smallest absolute Gasteiger partial charge is 0.242 e. The quantitative estimate of drug-likeness (QED) is 0.919. The third kappa shape index (κ3) is 4.98. The standard InChI is InChI=1S/C19H29N3O2/c1-14-8-9-16-15(11-14)7-6-10-22(16)13-18(24)21(5)12-17(23)20-19(2,3)4/h8-9,11H,6-7,10,12-13H2,1-5H3,(H,20,23). The molecule has 0 atom stereocenters. The zero-order chi connectivity index (χ0) is 17.9. The molecule has 1 aliphatic heterocycles. The highest BCUT2D eigenvalue weighted by Gasteiger charge is 2.22. The highest BCUT2D eigenvalue weighted by molar-refractivity contribution is 5.87. The molecule has 0 saturated carbocycles. The van der Waals surface area contributed by atoms with Crippen LogP contribution in [0.4, 0.5) is 5.69 Å². The molecule has 0 aliphatic carbocycles. The van der Waals surface area contributed by atoms with E-state index in [2.05, 4.69) is 35.3 Å². The van der Waals surface area contributed by atoms with Gasteiger partial charge in [-0.1, -0.05) is 17.7 Å². The first-order valence-corrected chi connectivity index (χ1v) is 8.55. The molecule has 0 spiro atoms. The normalized spacial score (nSPS) is 14.1. The summed E-state index contributed by atoms with van der Waals surface area (Å²) in [5, 5.41) is 2.88. The van der Waals surface area contributed by atoms with Crippen molar-refractivity contribution in [2.24, 2.45) is 0 Å². The average molecular weight is 331 g/mol. The summed E-state index contributed by atoms with van der Waals surface area (Å²) in [6.45, 7) is 9.16. The van der Waals surface area contributed by atoms with Crippen LogP contribution in [0.5, 0.6) is 0 Å². The Bertz CT molecular complexity index is 620. The van der Waals surface area contributed by atoms with Gasteiger partial charge in [-0.15, -0.1) is 0 Å². The van der Waals surface area contributed by atoms with Crippen molar-refractivity contribution in [3.8, 4) is 0 Å². The number of aryl methyl sites for hydroxylation is 2. The lowest BCUT2D eigenvalue weighted by atomic mass is 9.99. The van der Waals surface area contributed by atoms with Gasteiger partial charge in [0.1, 0.15) is 0 Å². The minimum Gasteiger partial charge on any atom is -0.362 e. The van der Waals surface area contributed by atoms with Crippen LogP contribution in [0.25, 0.3) is 0 Å². The Hall–Kier alpha value is -2.04. The topological polar surface area (TPSA) is 52.7 Å². The van der Waals surface area contributed by atoms with E-state index in [1.807, 2.05) is 20.8 Å². The Labute approximate surface area is 145 Å². The molecule has 5 heteroatoms. The lowest BCUT2D eigenvalue weighted by Crippen LogP contribution is -2.48. The van der Waals surface area contributed by atoms with Crippen molar-refractivity contribution in [3.63, 3.8) is 0 Å². The molecule has 24 heavy (non-hydrogen) atoms. The number of nitrogens with zero attached hydrogens (tertiary/aromatic N) is 2. The van der Waals surface area contributed by atoms with Gasteiger partial charge in [0.2, 0.25) is 11.8 Å². The van der Waals surface area contributed by atoms with Crippen LogP contribution < -0.4 is 10.2 Å². The first-order valence-electron chi connectivity index (χ1n) is 8.55. The number of carbonyl (C=O) groups excluding carboxylic acids is 2. The summed E-state index contributed by atoms with van der Waals surface area (Å²) in [6, 6.07) is 6.39. The minimum absolute atomic E-state index is 0.0347.